The van der Waals surface area contributed by atoms with Crippen molar-refractivity contribution in [3.05, 3.63) is 23.2 Å². The SMILES string of the molecule is Nc1cc(Cl)ccc1NC(=O)N1CCCCCC1. The summed E-state index contributed by atoms with van der Waals surface area (Å²) in [5.41, 5.74) is 6.92. The van der Waals surface area contributed by atoms with Crippen molar-refractivity contribution >= 4 is 29.0 Å². The Balaban J connectivity index is 2.01. The van der Waals surface area contributed by atoms with Crippen molar-refractivity contribution in [2.24, 2.45) is 0 Å². The van der Waals surface area contributed by atoms with E-state index < -0.39 is 0 Å². The Morgan fingerprint density at radius 1 is 1.22 bits per heavy atom. The number of halogens is 1. The lowest BCUT2D eigenvalue weighted by molar-refractivity contribution is 0.214. The second kappa shape index (κ2) is 5.96. The molecule has 1 heterocycles. The maximum Gasteiger partial charge on any atom is 0.321 e. The lowest BCUT2D eigenvalue weighted by atomic mass is 10.2. The molecule has 0 spiro atoms. The van der Waals surface area contributed by atoms with E-state index in [1.54, 1.807) is 18.2 Å². The van der Waals surface area contributed by atoms with E-state index in [1.165, 1.54) is 12.8 Å². The van der Waals surface area contributed by atoms with Crippen molar-refractivity contribution in [3.8, 4) is 0 Å². The number of benzene rings is 1. The number of carbonyl (C=O) groups excluding carboxylic acids is 1. The van der Waals surface area contributed by atoms with E-state index in [2.05, 4.69) is 5.32 Å². The molecule has 3 N–H and O–H groups in total. The molecule has 5 heteroatoms. The monoisotopic (exact) mass is 267 g/mol. The van der Waals surface area contributed by atoms with Gasteiger partial charge in [0, 0.05) is 18.1 Å². The normalized spacial score (nSPS) is 16.2. The molecule has 1 saturated heterocycles. The summed E-state index contributed by atoms with van der Waals surface area (Å²) in [5.74, 6) is 0. The van der Waals surface area contributed by atoms with Gasteiger partial charge in [0.1, 0.15) is 0 Å². The van der Waals surface area contributed by atoms with Gasteiger partial charge in [-0.05, 0) is 31.0 Å². The highest BCUT2D eigenvalue weighted by atomic mass is 35.5. The number of amides is 2. The van der Waals surface area contributed by atoms with E-state index in [0.29, 0.717) is 16.4 Å². The summed E-state index contributed by atoms with van der Waals surface area (Å²) in [5, 5.41) is 3.41. The molecule has 98 valence electrons. The molecule has 0 radical (unpaired) electrons. The highest BCUT2D eigenvalue weighted by Crippen LogP contribution is 2.23. The van der Waals surface area contributed by atoms with Crippen molar-refractivity contribution in [1.29, 1.82) is 0 Å². The average Bonchev–Trinajstić information content (AvgIpc) is 2.61. The first-order valence-electron chi connectivity index (χ1n) is 6.28. The van der Waals surface area contributed by atoms with Gasteiger partial charge in [0.15, 0.2) is 0 Å². The third-order valence-electron chi connectivity index (χ3n) is 3.15. The first kappa shape index (κ1) is 13.0. The minimum atomic E-state index is -0.0778. The molecule has 4 nitrogen and oxygen atoms in total. The molecular weight excluding hydrogens is 250 g/mol. The quantitative estimate of drug-likeness (QED) is 0.767. The van der Waals surface area contributed by atoms with Crippen LogP contribution in [0.2, 0.25) is 5.02 Å². The highest BCUT2D eigenvalue weighted by molar-refractivity contribution is 6.31. The second-order valence-electron chi connectivity index (χ2n) is 4.56. The number of urea groups is 1. The van der Waals surface area contributed by atoms with Crippen LogP contribution >= 0.6 is 11.6 Å². The van der Waals surface area contributed by atoms with Gasteiger partial charge in [-0.2, -0.15) is 0 Å². The van der Waals surface area contributed by atoms with E-state index in [1.807, 2.05) is 4.90 Å². The highest BCUT2D eigenvalue weighted by Gasteiger charge is 2.16. The zero-order valence-electron chi connectivity index (χ0n) is 10.3. The zero-order chi connectivity index (χ0) is 13.0. The molecule has 1 aliphatic heterocycles. The molecule has 0 unspecified atom stereocenters. The second-order valence-corrected chi connectivity index (χ2v) is 5.00. The molecule has 2 amide bonds. The Labute approximate surface area is 112 Å². The molecule has 1 aliphatic rings. The van der Waals surface area contributed by atoms with E-state index in [4.69, 9.17) is 17.3 Å². The van der Waals surface area contributed by atoms with Gasteiger partial charge in [-0.15, -0.1) is 0 Å². The summed E-state index contributed by atoms with van der Waals surface area (Å²) < 4.78 is 0. The Morgan fingerprint density at radius 2 is 1.89 bits per heavy atom. The van der Waals surface area contributed by atoms with Crippen molar-refractivity contribution in [2.75, 3.05) is 24.1 Å². The molecular formula is C13H18ClN3O. The van der Waals surface area contributed by atoms with Crippen LogP contribution in [0.5, 0.6) is 0 Å². The van der Waals surface area contributed by atoms with Crippen LogP contribution in [-0.4, -0.2) is 24.0 Å². The van der Waals surface area contributed by atoms with Crippen LogP contribution in [0.4, 0.5) is 16.2 Å². The Hall–Kier alpha value is -1.42. The summed E-state index contributed by atoms with van der Waals surface area (Å²) in [6, 6.07) is 5.01. The number of anilines is 2. The van der Waals surface area contributed by atoms with Crippen LogP contribution < -0.4 is 11.1 Å². The topological polar surface area (TPSA) is 58.4 Å². The molecule has 1 fully saturated rings. The summed E-state index contributed by atoms with van der Waals surface area (Å²) in [7, 11) is 0. The molecule has 0 bridgehead atoms. The maximum atomic E-state index is 12.1. The summed E-state index contributed by atoms with van der Waals surface area (Å²) >= 11 is 5.82. The van der Waals surface area contributed by atoms with Gasteiger partial charge < -0.3 is 16.0 Å². The number of hydrogen-bond acceptors (Lipinski definition) is 2. The van der Waals surface area contributed by atoms with E-state index in [0.717, 1.165) is 25.9 Å². The van der Waals surface area contributed by atoms with Gasteiger partial charge >= 0.3 is 6.03 Å². The van der Waals surface area contributed by atoms with Crippen LogP contribution in [0.25, 0.3) is 0 Å². The number of nitrogens with one attached hydrogen (secondary N) is 1. The number of hydrogen-bond donors (Lipinski definition) is 2. The minimum Gasteiger partial charge on any atom is -0.397 e. The van der Waals surface area contributed by atoms with Gasteiger partial charge in [-0.3, -0.25) is 0 Å². The fourth-order valence-corrected chi connectivity index (χ4v) is 2.30. The number of carbonyl (C=O) groups is 1. The summed E-state index contributed by atoms with van der Waals surface area (Å²) in [6.45, 7) is 1.64. The fraction of sp³-hybridized carbons (Fsp3) is 0.462. The van der Waals surface area contributed by atoms with Crippen LogP contribution in [0.3, 0.4) is 0 Å². The zero-order valence-corrected chi connectivity index (χ0v) is 11.0. The van der Waals surface area contributed by atoms with Crippen LogP contribution in [0, 0.1) is 0 Å². The van der Waals surface area contributed by atoms with E-state index >= 15 is 0 Å². The summed E-state index contributed by atoms with van der Waals surface area (Å²) in [4.78, 5) is 13.9. The molecule has 1 aromatic rings. The van der Waals surface area contributed by atoms with Gasteiger partial charge in [0.2, 0.25) is 0 Å². The number of nitrogen functional groups attached to an aromatic ring is 1. The van der Waals surface area contributed by atoms with Gasteiger partial charge in [0.25, 0.3) is 0 Å². The smallest absolute Gasteiger partial charge is 0.321 e. The maximum absolute atomic E-state index is 12.1. The molecule has 0 aromatic heterocycles. The number of rotatable bonds is 1. The minimum absolute atomic E-state index is 0.0778. The van der Waals surface area contributed by atoms with Crippen LogP contribution in [0.15, 0.2) is 18.2 Å². The lowest BCUT2D eigenvalue weighted by Gasteiger charge is -2.21. The van der Waals surface area contributed by atoms with Crippen LogP contribution in [0.1, 0.15) is 25.7 Å². The first-order valence-corrected chi connectivity index (χ1v) is 6.65. The van der Waals surface area contributed by atoms with Crippen LogP contribution in [-0.2, 0) is 0 Å². The lowest BCUT2D eigenvalue weighted by Crippen LogP contribution is -2.35. The third kappa shape index (κ3) is 3.29. The molecule has 0 saturated carbocycles. The van der Waals surface area contributed by atoms with Crippen molar-refractivity contribution < 1.29 is 4.79 Å². The molecule has 1 aromatic carbocycles. The number of nitrogens with zero attached hydrogens (tertiary/aromatic N) is 1. The average molecular weight is 268 g/mol. The predicted octanol–water partition coefficient (Wildman–Crippen LogP) is 3.33. The fourth-order valence-electron chi connectivity index (χ4n) is 2.12. The predicted molar refractivity (Wildman–Crippen MR) is 74.9 cm³/mol. The molecule has 0 aliphatic carbocycles. The molecule has 0 atom stereocenters. The van der Waals surface area contributed by atoms with Crippen molar-refractivity contribution in [2.45, 2.75) is 25.7 Å². The first-order chi connectivity index (χ1) is 8.66. The van der Waals surface area contributed by atoms with Gasteiger partial charge in [0.05, 0.1) is 11.4 Å². The Morgan fingerprint density at radius 3 is 2.50 bits per heavy atom. The number of nitrogens with two attached hydrogens (primary N) is 1. The van der Waals surface area contributed by atoms with Gasteiger partial charge in [-0.1, -0.05) is 24.4 Å². The summed E-state index contributed by atoms with van der Waals surface area (Å²) in [6.07, 6.45) is 4.55. The Kier molecular flexibility index (Phi) is 4.31. The third-order valence-corrected chi connectivity index (χ3v) is 3.38. The molecule has 18 heavy (non-hydrogen) atoms. The van der Waals surface area contributed by atoms with E-state index in [9.17, 15) is 4.79 Å². The van der Waals surface area contributed by atoms with E-state index in [-0.39, 0.29) is 6.03 Å². The molecule has 2 rings (SSSR count). The largest absolute Gasteiger partial charge is 0.397 e. The van der Waals surface area contributed by atoms with Gasteiger partial charge in [-0.25, -0.2) is 4.79 Å². The standard InChI is InChI=1S/C13H18ClN3O/c14-10-5-6-12(11(15)9-10)16-13(18)17-7-3-1-2-4-8-17/h5-6,9H,1-4,7-8,15H2,(H,16,18). The van der Waals surface area contributed by atoms with Crippen molar-refractivity contribution in [3.63, 3.8) is 0 Å². The van der Waals surface area contributed by atoms with Crippen molar-refractivity contribution in [1.82, 2.24) is 4.90 Å². The Bertz CT molecular complexity index is 428. The number of likely N-dealkylation sites (tertiary alicyclic amines) is 1.